The smallest absolute Gasteiger partial charge is 0.284 e. The molecule has 10 nitrogen and oxygen atoms in total. The first kappa shape index (κ1) is 31.5. The van der Waals surface area contributed by atoms with Crippen LogP contribution in [-0.2, 0) is 15.0 Å². The van der Waals surface area contributed by atoms with E-state index in [9.17, 15) is 30.6 Å². The van der Waals surface area contributed by atoms with Crippen LogP contribution < -0.4 is 0 Å². The van der Waals surface area contributed by atoms with Crippen molar-refractivity contribution in [3.05, 3.63) is 55.1 Å². The van der Waals surface area contributed by atoms with Crippen LogP contribution in [0.1, 0.15) is 52.0 Å². The van der Waals surface area contributed by atoms with Crippen LogP contribution >= 0.6 is 46.2 Å². The number of thioether (sulfide) groups is 2. The van der Waals surface area contributed by atoms with Gasteiger partial charge in [-0.3, -0.25) is 19.4 Å². The topological polar surface area (TPSA) is 160 Å². The highest BCUT2D eigenvalue weighted by molar-refractivity contribution is 8.20. The number of amides is 2. The Morgan fingerprint density at radius 3 is 1.83 bits per heavy atom. The molecule has 4 aliphatic rings. The predicted molar refractivity (Wildman–Crippen MR) is 183 cm³/mol. The lowest BCUT2D eigenvalue weighted by Crippen LogP contribution is -2.27. The van der Waals surface area contributed by atoms with Crippen molar-refractivity contribution in [1.29, 1.82) is 21.0 Å². The molecular formula is C32H24N8O2S4. The minimum Gasteiger partial charge on any atom is -0.299 e. The number of hydrogen-bond acceptors (Lipinski definition) is 12. The average molecular weight is 681 g/mol. The third kappa shape index (κ3) is 4.40. The molecule has 2 aromatic heterocycles. The molecule has 0 saturated carbocycles. The van der Waals surface area contributed by atoms with Gasteiger partial charge < -0.3 is 0 Å². The summed E-state index contributed by atoms with van der Waals surface area (Å²) in [7, 11) is 0. The van der Waals surface area contributed by atoms with Crippen molar-refractivity contribution in [2.45, 2.75) is 47.0 Å². The predicted octanol–water partition coefficient (Wildman–Crippen LogP) is 7.07. The maximum absolute atomic E-state index is 13.2. The first-order chi connectivity index (χ1) is 21.9. The van der Waals surface area contributed by atoms with Crippen LogP contribution in [0, 0.1) is 50.7 Å². The first-order valence-electron chi connectivity index (χ1n) is 14.2. The number of rotatable bonds is 4. The zero-order valence-corrected chi connectivity index (χ0v) is 28.9. The summed E-state index contributed by atoms with van der Waals surface area (Å²) in [4.78, 5) is 39.9. The largest absolute Gasteiger partial charge is 0.299 e. The second-order valence-corrected chi connectivity index (χ2v) is 15.6. The van der Waals surface area contributed by atoms with Gasteiger partial charge in [-0.1, -0.05) is 27.7 Å². The van der Waals surface area contributed by atoms with Crippen LogP contribution in [0.5, 0.6) is 0 Å². The Kier molecular flexibility index (Phi) is 7.62. The highest BCUT2D eigenvalue weighted by atomic mass is 32.2. The van der Waals surface area contributed by atoms with Gasteiger partial charge in [0.25, 0.3) is 11.8 Å². The minimum absolute atomic E-state index is 0.107. The van der Waals surface area contributed by atoms with E-state index >= 15 is 0 Å². The van der Waals surface area contributed by atoms with Gasteiger partial charge in [-0.25, -0.2) is 9.98 Å². The molecule has 0 spiro atoms. The number of fused-ring (bicyclic) bond motifs is 4. The van der Waals surface area contributed by atoms with Crippen LogP contribution in [-0.4, -0.2) is 44.8 Å². The first-order valence-corrected chi connectivity index (χ1v) is 17.4. The molecule has 2 aliphatic carbocycles. The van der Waals surface area contributed by atoms with E-state index in [1.165, 1.54) is 26.7 Å². The summed E-state index contributed by atoms with van der Waals surface area (Å²) in [6.07, 6.45) is 2.07. The fourth-order valence-electron chi connectivity index (χ4n) is 6.07. The van der Waals surface area contributed by atoms with Crippen molar-refractivity contribution >= 4 is 88.1 Å². The second kappa shape index (κ2) is 11.1. The molecule has 2 saturated heterocycles. The van der Waals surface area contributed by atoms with E-state index < -0.39 is 5.41 Å². The maximum Gasteiger partial charge on any atom is 0.284 e. The Morgan fingerprint density at radius 2 is 1.33 bits per heavy atom. The van der Waals surface area contributed by atoms with Crippen molar-refractivity contribution in [3.8, 4) is 24.3 Å². The number of nitrogens with zero attached hydrogens (tertiary/aromatic N) is 8. The number of allylic oxidation sites excluding steroid dienone is 5. The van der Waals surface area contributed by atoms with Crippen LogP contribution in [0.2, 0.25) is 0 Å². The summed E-state index contributed by atoms with van der Waals surface area (Å²) >= 11 is 5.30. The molecule has 2 aliphatic heterocycles. The molecule has 2 aromatic rings. The van der Waals surface area contributed by atoms with Crippen LogP contribution in [0.4, 0.5) is 5.00 Å². The van der Waals surface area contributed by atoms with Crippen LogP contribution in [0.15, 0.2) is 54.6 Å². The molecule has 0 N–H and O–H groups in total. The van der Waals surface area contributed by atoms with Crippen molar-refractivity contribution < 1.29 is 9.59 Å². The highest BCUT2D eigenvalue weighted by Crippen LogP contribution is 2.64. The molecule has 14 heteroatoms. The molecular weight excluding hydrogens is 657 g/mol. The number of carbonyl (C=O) groups excluding carboxylic acids is 2. The number of aliphatic imine (C=N–C) groups is 2. The van der Waals surface area contributed by atoms with Crippen molar-refractivity contribution in [1.82, 2.24) is 9.80 Å². The summed E-state index contributed by atoms with van der Waals surface area (Å²) in [6.45, 7) is 12.8. The molecule has 0 radical (unpaired) electrons. The highest BCUT2D eigenvalue weighted by Gasteiger charge is 2.50. The zero-order valence-electron chi connectivity index (χ0n) is 25.6. The SMILES string of the molecule is CCN1C(=O)C(=NC2=CC3=C(c4sc5cc(N=C6SC(=C(C#N)C#N)N(CC)C6=O)sc5c4C3(C)C)C2(C)C)SC1=C(C#N)C#N. The molecule has 0 atom stereocenters. The molecule has 6 rings (SSSR count). The van der Waals surface area contributed by atoms with E-state index in [1.807, 2.05) is 30.3 Å². The van der Waals surface area contributed by atoms with Crippen molar-refractivity contribution in [3.63, 3.8) is 0 Å². The third-order valence-corrected chi connectivity index (χ3v) is 12.9. The van der Waals surface area contributed by atoms with Crippen LogP contribution in [0.25, 0.3) is 15.0 Å². The number of thiophene rings is 2. The molecule has 0 aromatic carbocycles. The Hall–Kier alpha value is -4.44. The summed E-state index contributed by atoms with van der Waals surface area (Å²) in [6, 6.07) is 9.51. The quantitative estimate of drug-likeness (QED) is 0.310. The van der Waals surface area contributed by atoms with Gasteiger partial charge in [0.05, 0.1) is 10.4 Å². The fraction of sp³-hybridized carbons (Fsp3) is 0.312. The Bertz CT molecular complexity index is 2140. The van der Waals surface area contributed by atoms with Crippen molar-refractivity contribution in [2.24, 2.45) is 15.4 Å². The summed E-state index contributed by atoms with van der Waals surface area (Å²) in [5.41, 5.74) is 3.13. The zero-order chi connectivity index (χ0) is 33.3. The summed E-state index contributed by atoms with van der Waals surface area (Å²) in [5, 5.41) is 39.4. The standard InChI is InChI=1S/C32H24N8O2S4/c1-7-39-27(41)25(45-29(39)15(11-33)12-34)37-19-9-17-21(32(19,5)6)24-22(31(17,3)4)23-18(43-24)10-20(44-23)38-26-28(42)40(8-2)30(46-26)16(13-35)14-36/h9-10H,7-8H2,1-6H3. The number of nitriles is 4. The monoisotopic (exact) mass is 680 g/mol. The molecule has 228 valence electrons. The van der Waals surface area contributed by atoms with Gasteiger partial charge in [-0.05, 0) is 66.2 Å². The molecule has 2 fully saturated rings. The van der Waals surface area contributed by atoms with E-state index in [-0.39, 0.29) is 38.5 Å². The summed E-state index contributed by atoms with van der Waals surface area (Å²) in [5.74, 6) is -0.644. The molecule has 0 bridgehead atoms. The summed E-state index contributed by atoms with van der Waals surface area (Å²) < 4.78 is 2.15. The molecule has 46 heavy (non-hydrogen) atoms. The van der Waals surface area contributed by atoms with E-state index in [0.717, 1.165) is 54.6 Å². The van der Waals surface area contributed by atoms with E-state index in [4.69, 9.17) is 4.99 Å². The molecule has 0 unspecified atom stereocenters. The second-order valence-electron chi connectivity index (χ2n) is 11.6. The lowest BCUT2D eigenvalue weighted by Gasteiger charge is -2.24. The van der Waals surface area contributed by atoms with Gasteiger partial charge in [-0.15, -0.1) is 22.7 Å². The van der Waals surface area contributed by atoms with Crippen molar-refractivity contribution in [2.75, 3.05) is 13.1 Å². The number of carbonyl (C=O) groups is 2. The van der Waals surface area contributed by atoms with Gasteiger partial charge in [0.1, 0.15) is 39.3 Å². The number of hydrogen-bond donors (Lipinski definition) is 0. The lowest BCUT2D eigenvalue weighted by atomic mass is 9.82. The Labute approximate surface area is 282 Å². The molecule has 4 heterocycles. The fourth-order valence-corrected chi connectivity index (χ4v) is 11.2. The Morgan fingerprint density at radius 1 is 0.804 bits per heavy atom. The van der Waals surface area contributed by atoms with Crippen LogP contribution in [0.3, 0.4) is 0 Å². The van der Waals surface area contributed by atoms with Gasteiger partial charge in [0, 0.05) is 33.5 Å². The van der Waals surface area contributed by atoms with Gasteiger partial charge >= 0.3 is 0 Å². The minimum atomic E-state index is -0.517. The van der Waals surface area contributed by atoms with E-state index in [0.29, 0.717) is 28.1 Å². The Balaban J connectivity index is 1.37. The van der Waals surface area contributed by atoms with Gasteiger partial charge in [-0.2, -0.15) is 21.0 Å². The normalized spacial score (nSPS) is 21.1. The lowest BCUT2D eigenvalue weighted by molar-refractivity contribution is -0.121. The van der Waals surface area contributed by atoms with Gasteiger partial charge in [0.15, 0.2) is 21.2 Å². The average Bonchev–Trinajstić information content (AvgIpc) is 3.81. The third-order valence-electron chi connectivity index (χ3n) is 8.37. The van der Waals surface area contributed by atoms with E-state index in [1.54, 1.807) is 25.2 Å². The van der Waals surface area contributed by atoms with E-state index in [2.05, 4.69) is 38.8 Å². The molecule has 2 amide bonds. The van der Waals surface area contributed by atoms with Gasteiger partial charge in [0.2, 0.25) is 0 Å². The maximum atomic E-state index is 13.2.